The Morgan fingerprint density at radius 1 is 1.75 bits per heavy atom. The van der Waals surface area contributed by atoms with Crippen molar-refractivity contribution in [3.63, 3.8) is 0 Å². The van der Waals surface area contributed by atoms with E-state index in [0.717, 1.165) is 4.13 Å². The molecule has 0 bridgehead atoms. The van der Waals surface area contributed by atoms with Gasteiger partial charge in [0, 0.05) is 8.01 Å². The molecule has 0 spiro atoms. The van der Waals surface area contributed by atoms with Crippen LogP contribution >= 0.6 is 0 Å². The topological polar surface area (TPSA) is 78.5 Å². The zero-order valence-electron chi connectivity index (χ0n) is 6.03. The van der Waals surface area contributed by atoms with Crippen LogP contribution in [0.2, 0.25) is 0 Å². The highest BCUT2D eigenvalue weighted by Gasteiger charge is 2.19. The first-order valence-corrected chi connectivity index (χ1v) is 5.08. The van der Waals surface area contributed by atoms with E-state index in [0.29, 0.717) is 0 Å². The Morgan fingerprint density at radius 3 is 2.75 bits per heavy atom. The van der Waals surface area contributed by atoms with Gasteiger partial charge in [-0.1, -0.05) is 5.92 Å². The molecule has 0 heterocycles. The minimum atomic E-state index is -4.28. The fourth-order valence-electron chi connectivity index (χ4n) is 0.284. The second-order valence-electron chi connectivity index (χ2n) is 1.45. The quantitative estimate of drug-likeness (QED) is 0.502. The summed E-state index contributed by atoms with van der Waals surface area (Å²) in [5.74, 6) is 4.62. The first-order valence-electron chi connectivity index (χ1n) is 2.62. The summed E-state index contributed by atoms with van der Waals surface area (Å²) in [6.07, 6.45) is 0. The molecule has 70 valence electrons. The molecule has 0 aliphatic heterocycles. The summed E-state index contributed by atoms with van der Waals surface area (Å²) in [7, 11) is -4.28. The van der Waals surface area contributed by atoms with Crippen LogP contribution in [-0.4, -0.2) is 19.6 Å². The summed E-state index contributed by atoms with van der Waals surface area (Å²) >= 11 is -3.15. The molecule has 0 radical (unpaired) electrons. The summed E-state index contributed by atoms with van der Waals surface area (Å²) in [5, 5.41) is 0. The highest BCUT2D eigenvalue weighted by Crippen LogP contribution is 1.92. The van der Waals surface area contributed by atoms with Crippen LogP contribution < -0.4 is 4.13 Å². The fraction of sp³-hybridized carbons (Fsp3) is 0.500. The van der Waals surface area contributed by atoms with Gasteiger partial charge in [-0.15, -0.1) is 5.92 Å². The predicted octanol–water partition coefficient (Wildman–Crippen LogP) is -0.591. The smallest absolute Gasteiger partial charge is 0.379 e. The SMILES string of the molecule is CC#CCOS(=O)(=O)N[S+]([O-])F. The average molecular weight is 215 g/mol. The maximum absolute atomic E-state index is 11.6. The van der Waals surface area contributed by atoms with E-state index < -0.39 is 28.7 Å². The van der Waals surface area contributed by atoms with Crippen molar-refractivity contribution in [3.05, 3.63) is 0 Å². The lowest BCUT2D eigenvalue weighted by Gasteiger charge is -1.99. The van der Waals surface area contributed by atoms with E-state index in [-0.39, 0.29) is 0 Å². The van der Waals surface area contributed by atoms with Gasteiger partial charge < -0.3 is 4.55 Å². The van der Waals surface area contributed by atoms with Crippen LogP contribution in [0.1, 0.15) is 6.92 Å². The normalized spacial score (nSPS) is 13.2. The van der Waals surface area contributed by atoms with Gasteiger partial charge in [0.1, 0.15) is 6.61 Å². The second-order valence-corrected chi connectivity index (χ2v) is 3.71. The number of hydrogen-bond donors (Lipinski definition) is 1. The molecule has 0 aromatic rings. The number of rotatable bonds is 4. The standard InChI is InChI=1S/C4H6FNO4S2/c1-2-3-4-10-12(8,9)6-11(5)7/h6H,4H2,1H3. The van der Waals surface area contributed by atoms with Crippen LogP contribution in [0, 0.1) is 11.8 Å². The summed E-state index contributed by atoms with van der Waals surface area (Å²) in [6, 6.07) is 0. The lowest BCUT2D eigenvalue weighted by Crippen LogP contribution is -2.29. The molecule has 1 unspecified atom stereocenters. The van der Waals surface area contributed by atoms with E-state index in [1.807, 2.05) is 0 Å². The summed E-state index contributed by atoms with van der Waals surface area (Å²) < 4.78 is 47.4. The molecule has 0 aromatic carbocycles. The fourth-order valence-corrected chi connectivity index (χ4v) is 1.33. The summed E-state index contributed by atoms with van der Waals surface area (Å²) in [6.45, 7) is 1.08. The maximum Gasteiger partial charge on any atom is 0.379 e. The van der Waals surface area contributed by atoms with Crippen molar-refractivity contribution in [2.45, 2.75) is 6.92 Å². The molecule has 1 N–H and O–H groups in total. The minimum absolute atomic E-state index is 0.400. The maximum atomic E-state index is 11.6. The van der Waals surface area contributed by atoms with Crippen LogP contribution in [0.15, 0.2) is 0 Å². The van der Waals surface area contributed by atoms with Crippen molar-refractivity contribution in [2.24, 2.45) is 0 Å². The second kappa shape index (κ2) is 5.34. The zero-order chi connectivity index (χ0) is 9.61. The minimum Gasteiger partial charge on any atom is -0.560 e. The molecule has 0 amide bonds. The molecule has 0 aliphatic carbocycles. The van der Waals surface area contributed by atoms with Gasteiger partial charge in [-0.3, -0.25) is 0 Å². The van der Waals surface area contributed by atoms with Gasteiger partial charge in [0.05, 0.1) is 0 Å². The van der Waals surface area contributed by atoms with Crippen LogP contribution in [-0.2, 0) is 26.2 Å². The third-order valence-corrected chi connectivity index (χ3v) is 2.40. The van der Waals surface area contributed by atoms with Crippen molar-refractivity contribution in [3.8, 4) is 11.8 Å². The molecule has 0 aliphatic rings. The van der Waals surface area contributed by atoms with Crippen molar-refractivity contribution < 1.29 is 21.0 Å². The van der Waals surface area contributed by atoms with E-state index in [9.17, 15) is 16.9 Å². The van der Waals surface area contributed by atoms with Crippen molar-refractivity contribution in [1.29, 1.82) is 0 Å². The number of hydrogen-bond acceptors (Lipinski definition) is 4. The van der Waals surface area contributed by atoms with Gasteiger partial charge in [-0.25, -0.2) is 4.18 Å². The predicted molar refractivity (Wildman–Crippen MR) is 40.7 cm³/mol. The molecule has 5 nitrogen and oxygen atoms in total. The Labute approximate surface area is 73.2 Å². The van der Waals surface area contributed by atoms with Crippen molar-refractivity contribution in [1.82, 2.24) is 4.13 Å². The summed E-state index contributed by atoms with van der Waals surface area (Å²) in [5.41, 5.74) is 0. The number of halogens is 1. The monoisotopic (exact) mass is 215 g/mol. The average Bonchev–Trinajstić information content (AvgIpc) is 1.84. The van der Waals surface area contributed by atoms with Crippen LogP contribution in [0.5, 0.6) is 0 Å². The van der Waals surface area contributed by atoms with E-state index in [2.05, 4.69) is 16.0 Å². The lowest BCUT2D eigenvalue weighted by atomic mass is 10.6. The van der Waals surface area contributed by atoms with Gasteiger partial charge >= 0.3 is 10.3 Å². The molecular formula is C4H6FNO4S2. The first-order chi connectivity index (χ1) is 5.48. The number of nitrogens with one attached hydrogen (secondary N) is 1. The van der Waals surface area contributed by atoms with Gasteiger partial charge in [-0.2, -0.15) is 8.42 Å². The Kier molecular flexibility index (Phi) is 5.19. The third kappa shape index (κ3) is 6.38. The Hall–Kier alpha value is -0.330. The molecule has 0 fully saturated rings. The molecule has 0 saturated heterocycles. The van der Waals surface area contributed by atoms with Gasteiger partial charge in [-0.05, 0) is 6.92 Å². The molecule has 1 atom stereocenters. The van der Waals surface area contributed by atoms with E-state index >= 15 is 0 Å². The molecule has 0 saturated carbocycles. The highest BCUT2D eigenvalue weighted by molar-refractivity contribution is 8.00. The van der Waals surface area contributed by atoms with Gasteiger partial charge in [0.25, 0.3) is 11.7 Å². The molecule has 0 aromatic heterocycles. The van der Waals surface area contributed by atoms with Crippen LogP contribution in [0.25, 0.3) is 0 Å². The van der Waals surface area contributed by atoms with E-state index in [4.69, 9.17) is 0 Å². The molecule has 0 rings (SSSR count). The van der Waals surface area contributed by atoms with Gasteiger partial charge in [0.2, 0.25) is 0 Å². The highest BCUT2D eigenvalue weighted by atomic mass is 32.3. The van der Waals surface area contributed by atoms with Crippen LogP contribution in [0.4, 0.5) is 3.89 Å². The van der Waals surface area contributed by atoms with E-state index in [1.165, 1.54) is 6.92 Å². The molecule has 12 heavy (non-hydrogen) atoms. The zero-order valence-corrected chi connectivity index (χ0v) is 7.67. The first kappa shape index (κ1) is 11.7. The Balaban J connectivity index is 3.94. The third-order valence-electron chi connectivity index (χ3n) is 0.631. The Morgan fingerprint density at radius 2 is 2.33 bits per heavy atom. The Bertz CT molecular complexity index is 277. The van der Waals surface area contributed by atoms with E-state index in [1.54, 1.807) is 0 Å². The molecule has 8 heteroatoms. The lowest BCUT2D eigenvalue weighted by molar-refractivity contribution is 0.359. The van der Waals surface area contributed by atoms with Crippen LogP contribution in [0.3, 0.4) is 0 Å². The van der Waals surface area contributed by atoms with Crippen molar-refractivity contribution in [2.75, 3.05) is 6.61 Å². The largest absolute Gasteiger partial charge is 0.560 e. The molecular weight excluding hydrogens is 209 g/mol. The van der Waals surface area contributed by atoms with Gasteiger partial charge in [0.15, 0.2) is 0 Å². The van der Waals surface area contributed by atoms with Crippen molar-refractivity contribution >= 4 is 22.1 Å². The summed E-state index contributed by atoms with van der Waals surface area (Å²) in [4.78, 5) is 0.